The van der Waals surface area contributed by atoms with E-state index in [2.05, 4.69) is 11.8 Å². The maximum Gasteiger partial charge on any atom is 0.187 e. The number of hydrogen-bond donors (Lipinski definition) is 4. The predicted octanol–water partition coefficient (Wildman–Crippen LogP) is 1.04. The van der Waals surface area contributed by atoms with Gasteiger partial charge in [0, 0.05) is 19.1 Å². The number of ether oxygens (including phenoxy) is 7. The first-order valence-corrected chi connectivity index (χ1v) is 12.2. The van der Waals surface area contributed by atoms with Gasteiger partial charge in [-0.05, 0) is 35.9 Å². The third kappa shape index (κ3) is 7.12. The molecule has 1 heterocycles. The van der Waals surface area contributed by atoms with Crippen LogP contribution < -0.4 is 18.9 Å². The fourth-order valence-electron chi connectivity index (χ4n) is 4.28. The number of hydrogen-bond acceptors (Lipinski definition) is 11. The highest BCUT2D eigenvalue weighted by atomic mass is 16.7. The van der Waals surface area contributed by atoms with Gasteiger partial charge < -0.3 is 53.6 Å². The molecule has 0 unspecified atom stereocenters. The van der Waals surface area contributed by atoms with Gasteiger partial charge in [-0.1, -0.05) is 17.9 Å². The van der Waals surface area contributed by atoms with Crippen molar-refractivity contribution in [2.45, 2.75) is 49.3 Å². The Morgan fingerprint density at radius 3 is 2.00 bits per heavy atom. The molecule has 1 aliphatic rings. The summed E-state index contributed by atoms with van der Waals surface area (Å²) in [5.74, 6) is 8.22. The summed E-state index contributed by atoms with van der Waals surface area (Å²) < 4.78 is 38.9. The van der Waals surface area contributed by atoms with E-state index in [1.165, 1.54) is 28.4 Å². The molecule has 0 amide bonds. The molecule has 4 N–H and O–H groups in total. The van der Waals surface area contributed by atoms with Gasteiger partial charge in [-0.2, -0.15) is 0 Å². The van der Waals surface area contributed by atoms with Crippen molar-refractivity contribution in [3.63, 3.8) is 0 Å². The lowest BCUT2D eigenvalue weighted by atomic mass is 9.98. The SMILES string of the molecule is COc1ccc(C#CC[C@@H](O[C@@H]2O[C@H](CO)[C@@H](O)[C@H](O)[C@H]2O)[C@@H](OC)c2ccc(OC)c(OC)c2)cc1OC. The summed E-state index contributed by atoms with van der Waals surface area (Å²) in [4.78, 5) is 0. The average molecular weight is 549 g/mol. The van der Waals surface area contributed by atoms with E-state index in [1.807, 2.05) is 0 Å². The summed E-state index contributed by atoms with van der Waals surface area (Å²) in [5.41, 5.74) is 1.33. The van der Waals surface area contributed by atoms with E-state index in [4.69, 9.17) is 33.2 Å². The maximum atomic E-state index is 10.6. The Bertz CT molecular complexity index is 1130. The van der Waals surface area contributed by atoms with E-state index in [1.54, 1.807) is 43.5 Å². The normalized spacial score (nSPS) is 24.2. The summed E-state index contributed by atoms with van der Waals surface area (Å²) in [6.45, 7) is -0.585. The summed E-state index contributed by atoms with van der Waals surface area (Å²) in [5, 5.41) is 40.6. The van der Waals surface area contributed by atoms with Gasteiger partial charge in [-0.15, -0.1) is 0 Å². The first kappa shape index (κ1) is 30.5. The smallest absolute Gasteiger partial charge is 0.187 e. The quantitative estimate of drug-likeness (QED) is 0.299. The van der Waals surface area contributed by atoms with Crippen molar-refractivity contribution in [3.8, 4) is 34.8 Å². The third-order valence-corrected chi connectivity index (χ3v) is 6.40. The average Bonchev–Trinajstić information content (AvgIpc) is 2.97. The summed E-state index contributed by atoms with van der Waals surface area (Å²) in [7, 11) is 7.61. The van der Waals surface area contributed by atoms with Gasteiger partial charge in [-0.3, -0.25) is 0 Å². The van der Waals surface area contributed by atoms with Crippen LogP contribution in [-0.4, -0.2) is 99.4 Å². The minimum absolute atomic E-state index is 0.107. The highest BCUT2D eigenvalue weighted by Crippen LogP contribution is 2.35. The molecule has 1 saturated heterocycles. The molecule has 0 saturated carbocycles. The Labute approximate surface area is 227 Å². The molecular weight excluding hydrogens is 512 g/mol. The van der Waals surface area contributed by atoms with Gasteiger partial charge in [0.25, 0.3) is 0 Å². The second kappa shape index (κ2) is 14.3. The monoisotopic (exact) mass is 548 g/mol. The molecule has 7 atom stereocenters. The molecule has 0 radical (unpaired) electrons. The van der Waals surface area contributed by atoms with Crippen LogP contribution >= 0.6 is 0 Å². The molecule has 3 rings (SSSR count). The van der Waals surface area contributed by atoms with Gasteiger partial charge in [-0.25, -0.2) is 0 Å². The van der Waals surface area contributed by atoms with Crippen molar-refractivity contribution in [1.29, 1.82) is 0 Å². The number of aliphatic hydroxyl groups is 4. The number of methoxy groups -OCH3 is 5. The van der Waals surface area contributed by atoms with Crippen molar-refractivity contribution in [1.82, 2.24) is 0 Å². The molecule has 0 aliphatic carbocycles. The van der Waals surface area contributed by atoms with Gasteiger partial charge in [0.15, 0.2) is 29.3 Å². The van der Waals surface area contributed by atoms with E-state index in [0.717, 1.165) is 0 Å². The van der Waals surface area contributed by atoms with E-state index in [9.17, 15) is 20.4 Å². The standard InChI is InChI=1S/C28H36O11/c1-33-18-11-9-16(13-21(18)35-3)7-6-8-20(38-28-26(32)25(31)24(30)23(15-29)39-28)27(37-5)17-10-12-19(34-2)22(14-17)36-4/h9-14,20,23-32H,8,15H2,1-5H3/t20-,23-,24-,25+,26-,27+,28-/m1/s1. The fourth-order valence-corrected chi connectivity index (χ4v) is 4.28. The highest BCUT2D eigenvalue weighted by Gasteiger charge is 2.45. The molecule has 214 valence electrons. The van der Waals surface area contributed by atoms with Crippen LogP contribution in [0.4, 0.5) is 0 Å². The second-order valence-corrected chi connectivity index (χ2v) is 8.72. The molecule has 0 spiro atoms. The van der Waals surface area contributed by atoms with Gasteiger partial charge in [0.1, 0.15) is 36.6 Å². The molecule has 1 aliphatic heterocycles. The zero-order valence-electron chi connectivity index (χ0n) is 22.6. The van der Waals surface area contributed by atoms with Crippen LogP contribution in [0.5, 0.6) is 23.0 Å². The van der Waals surface area contributed by atoms with Crippen LogP contribution in [0.3, 0.4) is 0 Å². The lowest BCUT2D eigenvalue weighted by molar-refractivity contribution is -0.317. The lowest BCUT2D eigenvalue weighted by Crippen LogP contribution is -2.59. The molecule has 2 aromatic rings. The fraction of sp³-hybridized carbons (Fsp3) is 0.500. The zero-order valence-corrected chi connectivity index (χ0v) is 22.6. The van der Waals surface area contributed by atoms with Crippen molar-refractivity contribution in [2.24, 2.45) is 0 Å². The minimum Gasteiger partial charge on any atom is -0.493 e. The van der Waals surface area contributed by atoms with Crippen LogP contribution in [0.15, 0.2) is 36.4 Å². The largest absolute Gasteiger partial charge is 0.493 e. The lowest BCUT2D eigenvalue weighted by Gasteiger charge is -2.41. The van der Waals surface area contributed by atoms with Crippen LogP contribution in [0.2, 0.25) is 0 Å². The topological polar surface area (TPSA) is 146 Å². The summed E-state index contributed by atoms with van der Waals surface area (Å²) in [6.07, 6.45) is -8.67. The van der Waals surface area contributed by atoms with E-state index in [0.29, 0.717) is 34.1 Å². The number of benzene rings is 2. The van der Waals surface area contributed by atoms with Crippen LogP contribution in [-0.2, 0) is 14.2 Å². The second-order valence-electron chi connectivity index (χ2n) is 8.72. The molecule has 11 heteroatoms. The van der Waals surface area contributed by atoms with E-state index < -0.39 is 49.5 Å². The van der Waals surface area contributed by atoms with Crippen molar-refractivity contribution in [2.75, 3.05) is 42.2 Å². The molecule has 2 aromatic carbocycles. The van der Waals surface area contributed by atoms with Crippen molar-refractivity contribution >= 4 is 0 Å². The molecule has 0 bridgehead atoms. The van der Waals surface area contributed by atoms with E-state index >= 15 is 0 Å². The number of rotatable bonds is 11. The van der Waals surface area contributed by atoms with Crippen molar-refractivity contribution < 1.29 is 53.6 Å². The first-order valence-electron chi connectivity index (χ1n) is 12.2. The Morgan fingerprint density at radius 1 is 0.795 bits per heavy atom. The number of aliphatic hydroxyl groups excluding tert-OH is 4. The first-order chi connectivity index (χ1) is 18.8. The molecule has 11 nitrogen and oxygen atoms in total. The Hall–Kier alpha value is -3.08. The highest BCUT2D eigenvalue weighted by molar-refractivity contribution is 5.48. The van der Waals surface area contributed by atoms with Crippen LogP contribution in [0.1, 0.15) is 23.7 Å². The Balaban J connectivity index is 1.94. The van der Waals surface area contributed by atoms with Crippen molar-refractivity contribution in [3.05, 3.63) is 47.5 Å². The third-order valence-electron chi connectivity index (χ3n) is 6.40. The van der Waals surface area contributed by atoms with Gasteiger partial charge in [0.05, 0.1) is 35.0 Å². The molecule has 39 heavy (non-hydrogen) atoms. The summed E-state index contributed by atoms with van der Waals surface area (Å²) in [6, 6.07) is 10.5. The Kier molecular flexibility index (Phi) is 11.2. The molecular formula is C28H36O11. The minimum atomic E-state index is -1.60. The van der Waals surface area contributed by atoms with Gasteiger partial charge in [0.2, 0.25) is 0 Å². The van der Waals surface area contributed by atoms with Crippen LogP contribution in [0, 0.1) is 11.8 Å². The summed E-state index contributed by atoms with van der Waals surface area (Å²) >= 11 is 0. The Morgan fingerprint density at radius 2 is 1.41 bits per heavy atom. The molecule has 1 fully saturated rings. The van der Waals surface area contributed by atoms with E-state index in [-0.39, 0.29) is 6.42 Å². The van der Waals surface area contributed by atoms with Crippen LogP contribution in [0.25, 0.3) is 0 Å². The maximum absolute atomic E-state index is 10.6. The molecule has 0 aromatic heterocycles. The predicted molar refractivity (Wildman–Crippen MR) is 139 cm³/mol. The van der Waals surface area contributed by atoms with Gasteiger partial charge >= 0.3 is 0 Å². The zero-order chi connectivity index (χ0) is 28.5.